The third-order valence-electron chi connectivity index (χ3n) is 6.58. The van der Waals surface area contributed by atoms with Gasteiger partial charge in [0.05, 0.1) is 53.4 Å². The molecule has 1 aliphatic heterocycles. The van der Waals surface area contributed by atoms with Gasteiger partial charge in [-0.25, -0.2) is 27.5 Å². The minimum Gasteiger partial charge on any atom is -0.382 e. The van der Waals surface area contributed by atoms with Gasteiger partial charge in [0.25, 0.3) is 12.3 Å². The van der Waals surface area contributed by atoms with Crippen LogP contribution in [0.3, 0.4) is 0 Å². The van der Waals surface area contributed by atoms with E-state index in [-0.39, 0.29) is 42.0 Å². The van der Waals surface area contributed by atoms with E-state index < -0.39 is 41.7 Å². The monoisotopic (exact) mass is 471 g/mol. The highest BCUT2D eigenvalue weighted by molar-refractivity contribution is 5.99. The highest BCUT2D eigenvalue weighted by atomic mass is 19.3. The van der Waals surface area contributed by atoms with Crippen LogP contribution in [0.2, 0.25) is 0 Å². The third-order valence-corrected chi connectivity index (χ3v) is 6.58. The van der Waals surface area contributed by atoms with Gasteiger partial charge in [-0.2, -0.15) is 0 Å². The summed E-state index contributed by atoms with van der Waals surface area (Å²) in [7, 11) is 0. The van der Waals surface area contributed by atoms with E-state index in [2.05, 4.69) is 9.97 Å². The summed E-state index contributed by atoms with van der Waals surface area (Å²) in [6.45, 7) is 0.291. The molecule has 0 saturated carbocycles. The van der Waals surface area contributed by atoms with Gasteiger partial charge < -0.3 is 15.4 Å². The Morgan fingerprint density at radius 2 is 2.03 bits per heavy atom. The Bertz CT molecular complexity index is 1490. The Labute approximate surface area is 189 Å². The van der Waals surface area contributed by atoms with E-state index in [1.165, 1.54) is 29.6 Å². The fourth-order valence-corrected chi connectivity index (χ4v) is 5.02. The number of benzene rings is 2. The molecule has 174 valence electrons. The summed E-state index contributed by atoms with van der Waals surface area (Å²) in [5, 5.41) is 0. The zero-order chi connectivity index (χ0) is 23.7. The summed E-state index contributed by atoms with van der Waals surface area (Å²) < 4.78 is 63.6. The van der Waals surface area contributed by atoms with Crippen molar-refractivity contribution in [3.8, 4) is 0 Å². The van der Waals surface area contributed by atoms with Crippen LogP contribution >= 0.6 is 0 Å². The quantitative estimate of drug-likeness (QED) is 0.450. The van der Waals surface area contributed by atoms with Crippen LogP contribution in [0, 0.1) is 11.6 Å². The van der Waals surface area contributed by atoms with E-state index in [1.54, 1.807) is 4.40 Å². The summed E-state index contributed by atoms with van der Waals surface area (Å²) in [5.41, 5.74) is 6.73. The zero-order valence-corrected chi connectivity index (χ0v) is 17.5. The maximum atomic E-state index is 15.1. The SMILES string of the molecule is Nc1nc2cc(F)c(C(=O)N3CCO[C@@H]4Cc5c(ccc(C(F)F)c5F)[C@@H]43)cc2n2cncc12. The van der Waals surface area contributed by atoms with E-state index in [0.717, 1.165) is 12.1 Å². The molecule has 1 amide bonds. The number of amides is 1. The van der Waals surface area contributed by atoms with Gasteiger partial charge in [0.15, 0.2) is 0 Å². The van der Waals surface area contributed by atoms with Crippen LogP contribution in [0.4, 0.5) is 23.4 Å². The zero-order valence-electron chi connectivity index (χ0n) is 17.5. The van der Waals surface area contributed by atoms with Gasteiger partial charge >= 0.3 is 0 Å². The smallest absolute Gasteiger partial charge is 0.266 e. The number of hydrogen-bond donors (Lipinski definition) is 1. The van der Waals surface area contributed by atoms with Crippen LogP contribution in [0.1, 0.15) is 39.5 Å². The predicted octanol–water partition coefficient (Wildman–Crippen LogP) is 3.82. The average Bonchev–Trinajstić information content (AvgIpc) is 3.44. The van der Waals surface area contributed by atoms with Crippen molar-refractivity contribution >= 4 is 28.3 Å². The van der Waals surface area contributed by atoms with Gasteiger partial charge in [0.2, 0.25) is 0 Å². The molecule has 2 N–H and O–H groups in total. The molecule has 1 fully saturated rings. The van der Waals surface area contributed by atoms with Crippen LogP contribution in [0.5, 0.6) is 0 Å². The van der Waals surface area contributed by atoms with Crippen LogP contribution in [0.25, 0.3) is 16.6 Å². The van der Waals surface area contributed by atoms with E-state index in [9.17, 15) is 18.0 Å². The van der Waals surface area contributed by atoms with Gasteiger partial charge in [-0.1, -0.05) is 12.1 Å². The number of carbonyl (C=O) groups excluding carboxylic acids is 1. The van der Waals surface area contributed by atoms with Crippen molar-refractivity contribution in [2.24, 2.45) is 0 Å². The molecule has 1 aliphatic carbocycles. The summed E-state index contributed by atoms with van der Waals surface area (Å²) >= 11 is 0. The van der Waals surface area contributed by atoms with Crippen molar-refractivity contribution in [1.82, 2.24) is 19.3 Å². The number of carbonyl (C=O) groups is 1. The second-order valence-corrected chi connectivity index (χ2v) is 8.36. The van der Waals surface area contributed by atoms with Crippen molar-refractivity contribution in [3.63, 3.8) is 0 Å². The Kier molecular flexibility index (Phi) is 4.53. The molecule has 2 aromatic heterocycles. The van der Waals surface area contributed by atoms with Crippen LogP contribution < -0.4 is 5.73 Å². The molecule has 2 aromatic carbocycles. The number of hydrogen-bond acceptors (Lipinski definition) is 5. The Morgan fingerprint density at radius 1 is 1.21 bits per heavy atom. The number of nitrogens with two attached hydrogens (primary N) is 1. The molecule has 0 radical (unpaired) electrons. The lowest BCUT2D eigenvalue weighted by atomic mass is 10.0. The summed E-state index contributed by atoms with van der Waals surface area (Å²) in [4.78, 5) is 23.2. The van der Waals surface area contributed by atoms with Crippen LogP contribution in [-0.2, 0) is 11.2 Å². The molecule has 7 nitrogen and oxygen atoms in total. The number of rotatable bonds is 2. The molecule has 1 saturated heterocycles. The van der Waals surface area contributed by atoms with E-state index in [0.29, 0.717) is 16.6 Å². The number of nitrogen functional groups attached to an aromatic ring is 1. The van der Waals surface area contributed by atoms with Gasteiger partial charge in [-0.3, -0.25) is 9.20 Å². The number of halogens is 4. The Hall–Kier alpha value is -3.73. The highest BCUT2D eigenvalue weighted by Gasteiger charge is 2.44. The van der Waals surface area contributed by atoms with Crippen molar-refractivity contribution in [2.45, 2.75) is 25.0 Å². The fourth-order valence-electron chi connectivity index (χ4n) is 5.02. The van der Waals surface area contributed by atoms with E-state index in [4.69, 9.17) is 10.5 Å². The molecule has 34 heavy (non-hydrogen) atoms. The number of aromatic nitrogens is 3. The number of nitrogens with zero attached hydrogens (tertiary/aromatic N) is 4. The highest BCUT2D eigenvalue weighted by Crippen LogP contribution is 2.43. The molecule has 6 rings (SSSR count). The van der Waals surface area contributed by atoms with Gasteiger partial charge in [-0.15, -0.1) is 0 Å². The average molecular weight is 471 g/mol. The maximum absolute atomic E-state index is 15.1. The number of fused-ring (bicyclic) bond motifs is 6. The number of alkyl halides is 2. The first-order chi connectivity index (χ1) is 16.3. The first kappa shape index (κ1) is 20.8. The summed E-state index contributed by atoms with van der Waals surface area (Å²) in [6, 6.07) is 4.23. The Morgan fingerprint density at radius 3 is 2.82 bits per heavy atom. The summed E-state index contributed by atoms with van der Waals surface area (Å²) in [6.07, 6.45) is -0.517. The predicted molar refractivity (Wildman–Crippen MR) is 113 cm³/mol. The first-order valence-corrected chi connectivity index (χ1v) is 10.6. The van der Waals surface area contributed by atoms with Crippen LogP contribution in [0.15, 0.2) is 36.8 Å². The lowest BCUT2D eigenvalue weighted by molar-refractivity contribution is -0.0518. The molecular formula is C23H17F4N5O2. The maximum Gasteiger partial charge on any atom is 0.266 e. The minimum atomic E-state index is -2.96. The molecule has 2 aliphatic rings. The minimum absolute atomic E-state index is 0.0508. The molecule has 4 aromatic rings. The van der Waals surface area contributed by atoms with Crippen molar-refractivity contribution in [1.29, 1.82) is 0 Å². The third kappa shape index (κ3) is 2.89. The molecule has 0 spiro atoms. The summed E-state index contributed by atoms with van der Waals surface area (Å²) in [5.74, 6) is -2.22. The van der Waals surface area contributed by atoms with Crippen molar-refractivity contribution in [3.05, 3.63) is 70.7 Å². The largest absolute Gasteiger partial charge is 0.382 e. The first-order valence-electron chi connectivity index (χ1n) is 10.6. The standard InChI is InChI=1S/C23H17F4N5O2/c24-14-7-15-16(32-9-29-8-17(32)22(28)30-15)5-13(14)23(33)31-3-4-34-18-6-12-10(20(18)31)1-2-11(19(12)25)21(26)27/h1-2,5,7-9,18,20-21H,3-4,6H2,(H2,28,30)/t18-,20+/m1/s1. The van der Waals surface area contributed by atoms with E-state index >= 15 is 4.39 Å². The fraction of sp³-hybridized carbons (Fsp3) is 0.261. The Balaban J connectivity index is 1.45. The molecule has 2 atom stereocenters. The van der Waals surface area contributed by atoms with Crippen molar-refractivity contribution in [2.75, 3.05) is 18.9 Å². The van der Waals surface area contributed by atoms with Crippen LogP contribution in [-0.4, -0.2) is 44.4 Å². The molecular weight excluding hydrogens is 454 g/mol. The number of imidazole rings is 1. The normalized spacial score (nSPS) is 19.7. The van der Waals surface area contributed by atoms with E-state index in [1.807, 2.05) is 0 Å². The number of ether oxygens (including phenoxy) is 1. The molecule has 0 unspecified atom stereocenters. The van der Waals surface area contributed by atoms with Gasteiger partial charge in [0, 0.05) is 19.0 Å². The molecule has 0 bridgehead atoms. The number of anilines is 1. The lowest BCUT2D eigenvalue weighted by Gasteiger charge is -2.38. The lowest BCUT2D eigenvalue weighted by Crippen LogP contribution is -2.46. The number of morpholine rings is 1. The molecule has 11 heteroatoms. The van der Waals surface area contributed by atoms with Crippen molar-refractivity contribution < 1.29 is 27.1 Å². The van der Waals surface area contributed by atoms with Gasteiger partial charge in [-0.05, 0) is 17.2 Å². The second-order valence-electron chi connectivity index (χ2n) is 8.36. The topological polar surface area (TPSA) is 85.8 Å². The van der Waals surface area contributed by atoms with Gasteiger partial charge in [0.1, 0.15) is 23.0 Å². The molecule has 3 heterocycles. The second kappa shape index (κ2) is 7.39.